The van der Waals surface area contributed by atoms with E-state index in [9.17, 15) is 44.7 Å². The maximum absolute atomic E-state index is 14.3. The number of hydrogen-bond donors (Lipinski definition) is 6. The van der Waals surface area contributed by atoms with Gasteiger partial charge in [0.1, 0.15) is 29.5 Å². The molecule has 6 N–H and O–H groups in total. The number of hydrogen-bond acceptors (Lipinski definition) is 13. The van der Waals surface area contributed by atoms with Gasteiger partial charge in [0.15, 0.2) is 11.9 Å². The number of ether oxygens (including phenoxy) is 4. The van der Waals surface area contributed by atoms with Crippen LogP contribution < -0.4 is 5.32 Å². The molecule has 270 valence electrons. The number of alkyl carbamates (subject to hydrolysis) is 1. The van der Waals surface area contributed by atoms with E-state index in [1.807, 2.05) is 0 Å². The van der Waals surface area contributed by atoms with Crippen LogP contribution in [0.1, 0.15) is 75.2 Å². The molecule has 2 radical (unpaired) electrons. The van der Waals surface area contributed by atoms with Gasteiger partial charge in [-0.2, -0.15) is 0 Å². The maximum Gasteiger partial charge on any atom is 0.407 e. The third-order valence-corrected chi connectivity index (χ3v) is 10.6. The zero-order valence-corrected chi connectivity index (χ0v) is 39.0. The van der Waals surface area contributed by atoms with Crippen LogP contribution >= 0.6 is 0 Å². The smallest absolute Gasteiger partial charge is 0.407 e. The van der Waals surface area contributed by atoms with Gasteiger partial charge in [0.05, 0.1) is 36.4 Å². The molecular formula is C33H49Ac2NO13. The van der Waals surface area contributed by atoms with Gasteiger partial charge in [0.2, 0.25) is 0 Å². The second kappa shape index (κ2) is 16.2. The molecule has 14 nitrogen and oxygen atoms in total. The number of carbonyl (C=O) groups excluding carboxylic acids is 4. The SMILES string of the molecule is CC(=O)O[C@H]1[C@@H]2[C@]3(O)CO[C@@H]3C[C@H](O)[C@@]2(C)C(=O)[C@H](O)C2=C(C)C(OC(=O)[C@H](O)[C@H](C=C(C)C)NC(=O)OC(C)C)C[C@]1(O)C2(C)C.[Ac].[Ac]. The van der Waals surface area contributed by atoms with Gasteiger partial charge in [-0.05, 0) is 52.7 Å². The largest absolute Gasteiger partial charge is 0.459 e. The van der Waals surface area contributed by atoms with Crippen LogP contribution in [0.3, 0.4) is 0 Å². The van der Waals surface area contributed by atoms with E-state index in [1.54, 1.807) is 41.5 Å². The Morgan fingerprint density at radius 3 is 2.12 bits per heavy atom. The summed E-state index contributed by atoms with van der Waals surface area (Å²) in [5.41, 5.74) is -6.66. The van der Waals surface area contributed by atoms with E-state index >= 15 is 0 Å². The van der Waals surface area contributed by atoms with Gasteiger partial charge in [-0.25, -0.2) is 9.59 Å². The predicted molar refractivity (Wildman–Crippen MR) is 163 cm³/mol. The van der Waals surface area contributed by atoms with E-state index in [0.717, 1.165) is 6.92 Å². The monoisotopic (exact) mass is 1120 g/mol. The summed E-state index contributed by atoms with van der Waals surface area (Å²) in [6.45, 7) is 13.4. The van der Waals surface area contributed by atoms with E-state index in [0.29, 0.717) is 5.57 Å². The number of aliphatic hydroxyl groups is 5. The first-order valence-corrected chi connectivity index (χ1v) is 15.9. The van der Waals surface area contributed by atoms with Gasteiger partial charge in [0.25, 0.3) is 0 Å². The first-order chi connectivity index (χ1) is 21.5. The summed E-state index contributed by atoms with van der Waals surface area (Å²) in [5.74, 6) is -4.38. The summed E-state index contributed by atoms with van der Waals surface area (Å²) >= 11 is 0. The number of carbonyl (C=O) groups is 4. The fourth-order valence-corrected chi connectivity index (χ4v) is 8.11. The van der Waals surface area contributed by atoms with Crippen molar-refractivity contribution in [3.8, 4) is 0 Å². The first-order valence-electron chi connectivity index (χ1n) is 15.9. The molecule has 0 aromatic carbocycles. The van der Waals surface area contributed by atoms with Gasteiger partial charge in [-0.3, -0.25) is 9.59 Å². The van der Waals surface area contributed by atoms with E-state index in [1.165, 1.54) is 19.9 Å². The van der Waals surface area contributed by atoms with Crippen molar-refractivity contribution < 1.29 is 152 Å². The van der Waals surface area contributed by atoms with Crippen LogP contribution in [0.4, 0.5) is 4.79 Å². The van der Waals surface area contributed by atoms with Crippen molar-refractivity contribution in [2.45, 2.75) is 135 Å². The zero-order chi connectivity index (χ0) is 35.6. The molecule has 4 rings (SSSR count). The van der Waals surface area contributed by atoms with Crippen LogP contribution in [-0.4, -0.2) is 116 Å². The number of allylic oxidation sites excluding steroid dienone is 1. The fourth-order valence-electron chi connectivity index (χ4n) is 8.11. The predicted octanol–water partition coefficient (Wildman–Crippen LogP) is 0.598. The van der Waals surface area contributed by atoms with Crippen LogP contribution in [-0.2, 0) is 33.3 Å². The number of amides is 1. The van der Waals surface area contributed by atoms with E-state index in [2.05, 4.69) is 5.32 Å². The molecule has 16 heteroatoms. The van der Waals surface area contributed by atoms with Gasteiger partial charge in [-0.1, -0.05) is 25.5 Å². The molecule has 49 heavy (non-hydrogen) atoms. The Balaban J connectivity index is 0.00000417. The molecule has 11 atom stereocenters. The third kappa shape index (κ3) is 7.82. The minimum Gasteiger partial charge on any atom is -0.459 e. The Labute approximate surface area is 358 Å². The van der Waals surface area contributed by atoms with E-state index in [4.69, 9.17) is 18.9 Å². The summed E-state index contributed by atoms with van der Waals surface area (Å²) in [5, 5.41) is 61.4. The van der Waals surface area contributed by atoms with Crippen LogP contribution in [0.25, 0.3) is 0 Å². The molecule has 3 aliphatic carbocycles. The Bertz CT molecular complexity index is 1380. The number of Topliss-reactive ketones (excluding diaryl/α,β-unsaturated/α-hetero) is 1. The van der Waals surface area contributed by atoms with Gasteiger partial charge in [-0.15, -0.1) is 0 Å². The second-order valence-corrected chi connectivity index (χ2v) is 14.7. The molecule has 1 amide bonds. The van der Waals surface area contributed by atoms with Gasteiger partial charge < -0.3 is 49.8 Å². The molecule has 4 aliphatic rings. The van der Waals surface area contributed by atoms with Crippen LogP contribution in [0.2, 0.25) is 0 Å². The molecule has 2 bridgehead atoms. The summed E-state index contributed by atoms with van der Waals surface area (Å²) in [4.78, 5) is 52.8. The minimum atomic E-state index is -2.22. The maximum atomic E-state index is 14.3. The molecule has 2 saturated carbocycles. The summed E-state index contributed by atoms with van der Waals surface area (Å²) in [6, 6.07) is -1.27. The van der Waals surface area contributed by atoms with Gasteiger partial charge in [0, 0.05) is 119 Å². The number of ketones is 1. The molecule has 0 aromatic heterocycles. The van der Waals surface area contributed by atoms with Crippen molar-refractivity contribution in [2.24, 2.45) is 16.7 Å². The fraction of sp³-hybridized carbons (Fsp3) is 0.758. The van der Waals surface area contributed by atoms with Crippen molar-refractivity contribution in [1.29, 1.82) is 0 Å². The van der Waals surface area contributed by atoms with Crippen molar-refractivity contribution in [3.05, 3.63) is 22.8 Å². The number of nitrogens with one attached hydrogen (secondary N) is 1. The molecule has 1 aliphatic heterocycles. The molecule has 1 heterocycles. The van der Waals surface area contributed by atoms with Crippen molar-refractivity contribution in [3.63, 3.8) is 0 Å². The summed E-state index contributed by atoms with van der Waals surface area (Å²) in [7, 11) is 0. The van der Waals surface area contributed by atoms with Crippen molar-refractivity contribution >= 4 is 23.8 Å². The average Bonchev–Trinajstić information content (AvgIpc) is 2.94. The Kier molecular flexibility index (Phi) is 14.9. The molecule has 0 aromatic rings. The molecular weight excluding hydrogens is 1070 g/mol. The first kappa shape index (κ1) is 45.2. The Hall–Kier alpha value is 0.00312. The minimum absolute atomic E-state index is 0. The van der Waals surface area contributed by atoms with Crippen LogP contribution in [0.15, 0.2) is 22.8 Å². The van der Waals surface area contributed by atoms with E-state index < -0.39 is 107 Å². The summed E-state index contributed by atoms with van der Waals surface area (Å²) in [6.07, 6.45) is -9.84. The number of aliphatic hydroxyl groups excluding tert-OH is 3. The standard InChI is InChI=1S/C33H49NO13.2Ac/c1-14(2)10-18(34-29(41)45-15(3)4)23(37)28(40)47-19-12-33(43)27(46-17(6)35)25-31(9,20(36)11-21-32(25,42)13-44-21)26(39)24(38)22(16(19)5)30(33,7)8;;/h10,15,18-21,23-25,27,36-38,42-43H,11-13H2,1-9H3,(H,34,41);;/t18-,19?,20-,21+,23+,24+,25-,27-,31+,32-,33+;;/m0../s1. The average molecular weight is 1120 g/mol. The number of fused-ring (bicyclic) bond motifs is 5. The van der Waals surface area contributed by atoms with Gasteiger partial charge >= 0.3 is 18.0 Å². The van der Waals surface area contributed by atoms with Crippen LogP contribution in [0.5, 0.6) is 0 Å². The zero-order valence-electron chi connectivity index (χ0n) is 29.6. The molecule has 0 spiro atoms. The second-order valence-electron chi connectivity index (χ2n) is 14.7. The molecule has 3 fully saturated rings. The Morgan fingerprint density at radius 2 is 1.63 bits per heavy atom. The van der Waals surface area contributed by atoms with E-state index in [-0.39, 0.29) is 112 Å². The van der Waals surface area contributed by atoms with Crippen LogP contribution in [0, 0.1) is 105 Å². The number of rotatable bonds is 7. The van der Waals surface area contributed by atoms with Crippen molar-refractivity contribution in [2.75, 3.05) is 6.61 Å². The molecule has 1 unspecified atom stereocenters. The Morgan fingerprint density at radius 1 is 1.04 bits per heavy atom. The number of esters is 2. The molecule has 1 saturated heterocycles. The third-order valence-electron chi connectivity index (χ3n) is 10.6. The summed E-state index contributed by atoms with van der Waals surface area (Å²) < 4.78 is 22.2. The quantitative estimate of drug-likeness (QED) is 0.117. The van der Waals surface area contributed by atoms with Crippen molar-refractivity contribution in [1.82, 2.24) is 5.32 Å². The topological polar surface area (TPSA) is 218 Å². The normalized spacial score (nSPS) is 37.2.